The molecule has 1 aliphatic heterocycles. The Hall–Kier alpha value is -2.20. The van der Waals surface area contributed by atoms with Gasteiger partial charge in [-0.15, -0.1) is 0 Å². The van der Waals surface area contributed by atoms with Gasteiger partial charge in [-0.25, -0.2) is 4.68 Å². The van der Waals surface area contributed by atoms with Crippen molar-refractivity contribution in [1.82, 2.24) is 15.1 Å². The Kier molecular flexibility index (Phi) is 4.70. The van der Waals surface area contributed by atoms with E-state index in [-0.39, 0.29) is 24.1 Å². The molecule has 2 rings (SSSR count). The number of carbonyl (C=O) groups is 1. The number of carbonyl (C=O) groups excluding carboxylic acids is 1. The number of nitrogens with zero attached hydrogens (tertiary/aromatic N) is 3. The molecule has 0 aliphatic carbocycles. The predicted molar refractivity (Wildman–Crippen MR) is 74.7 cm³/mol. The second-order valence-corrected chi connectivity index (χ2v) is 5.10. The van der Waals surface area contributed by atoms with Gasteiger partial charge in [-0.05, 0) is 32.3 Å². The summed E-state index contributed by atoms with van der Waals surface area (Å²) in [5, 5.41) is 15.8. The minimum atomic E-state index is -0.534. The molecule has 1 aliphatic rings. The standard InChI is InChI=1S/C14H18N4O3/c1-9-10(2)17-18(14(20)12(9)6-15)8-13(19)16-7-11-4-3-5-21-11/h11H,3-5,7-8H2,1-2H3,(H,16,19)/t11-/m1/s1. The molecule has 7 nitrogen and oxygen atoms in total. The van der Waals surface area contributed by atoms with Gasteiger partial charge in [-0.1, -0.05) is 0 Å². The number of ether oxygens (including phenoxy) is 1. The molecule has 1 atom stereocenters. The summed E-state index contributed by atoms with van der Waals surface area (Å²) in [5.41, 5.74) is 0.624. The molecule has 112 valence electrons. The van der Waals surface area contributed by atoms with Gasteiger partial charge in [0.15, 0.2) is 0 Å². The van der Waals surface area contributed by atoms with Crippen molar-refractivity contribution in [2.45, 2.75) is 39.3 Å². The van der Waals surface area contributed by atoms with Gasteiger partial charge in [0.25, 0.3) is 5.56 Å². The highest BCUT2D eigenvalue weighted by Gasteiger charge is 2.17. The number of nitrogens with one attached hydrogen (secondary N) is 1. The molecule has 0 unspecified atom stereocenters. The van der Waals surface area contributed by atoms with E-state index in [4.69, 9.17) is 10.00 Å². The summed E-state index contributed by atoms with van der Waals surface area (Å²) >= 11 is 0. The third-order valence-electron chi connectivity index (χ3n) is 3.59. The van der Waals surface area contributed by atoms with Gasteiger partial charge < -0.3 is 10.1 Å². The maximum atomic E-state index is 12.0. The fourth-order valence-corrected chi connectivity index (χ4v) is 2.24. The normalized spacial score (nSPS) is 17.5. The quantitative estimate of drug-likeness (QED) is 0.843. The first-order valence-electron chi connectivity index (χ1n) is 6.89. The fourth-order valence-electron chi connectivity index (χ4n) is 2.24. The van der Waals surface area contributed by atoms with E-state index < -0.39 is 5.56 Å². The topological polar surface area (TPSA) is 97.0 Å². The number of nitriles is 1. The van der Waals surface area contributed by atoms with E-state index in [1.807, 2.05) is 6.07 Å². The monoisotopic (exact) mass is 290 g/mol. The van der Waals surface area contributed by atoms with Crippen molar-refractivity contribution in [3.05, 3.63) is 27.2 Å². The highest BCUT2D eigenvalue weighted by atomic mass is 16.5. The van der Waals surface area contributed by atoms with Gasteiger partial charge in [0.1, 0.15) is 18.2 Å². The van der Waals surface area contributed by atoms with Crippen molar-refractivity contribution in [3.8, 4) is 6.07 Å². The van der Waals surface area contributed by atoms with Crippen LogP contribution in [0.5, 0.6) is 0 Å². The average molecular weight is 290 g/mol. The molecule has 1 saturated heterocycles. The molecule has 1 aromatic rings. The molecule has 0 spiro atoms. The van der Waals surface area contributed by atoms with Crippen LogP contribution in [0.15, 0.2) is 4.79 Å². The maximum Gasteiger partial charge on any atom is 0.285 e. The van der Waals surface area contributed by atoms with Crippen LogP contribution >= 0.6 is 0 Å². The summed E-state index contributed by atoms with van der Waals surface area (Å²) in [6, 6.07) is 1.87. The SMILES string of the molecule is Cc1nn(CC(=O)NC[C@H]2CCCO2)c(=O)c(C#N)c1C. The Morgan fingerprint density at radius 3 is 2.95 bits per heavy atom. The molecule has 1 amide bonds. The molecule has 2 heterocycles. The van der Waals surface area contributed by atoms with Crippen LogP contribution < -0.4 is 10.9 Å². The Labute approximate surface area is 122 Å². The lowest BCUT2D eigenvalue weighted by Gasteiger charge is -2.12. The van der Waals surface area contributed by atoms with Gasteiger partial charge in [-0.3, -0.25) is 9.59 Å². The van der Waals surface area contributed by atoms with E-state index in [9.17, 15) is 9.59 Å². The highest BCUT2D eigenvalue weighted by Crippen LogP contribution is 2.10. The van der Waals surface area contributed by atoms with Gasteiger partial charge in [0, 0.05) is 13.2 Å². The average Bonchev–Trinajstić information content (AvgIpc) is 2.96. The van der Waals surface area contributed by atoms with Gasteiger partial charge in [0.05, 0.1) is 11.8 Å². The Balaban J connectivity index is 2.05. The highest BCUT2D eigenvalue weighted by molar-refractivity contribution is 5.75. The third kappa shape index (κ3) is 3.47. The molecule has 0 bridgehead atoms. The molecule has 7 heteroatoms. The molecule has 21 heavy (non-hydrogen) atoms. The predicted octanol–water partition coefficient (Wildman–Crippen LogP) is 0.0270. The number of amides is 1. The molecule has 0 saturated carbocycles. The van der Waals surface area contributed by atoms with Crippen molar-refractivity contribution < 1.29 is 9.53 Å². The summed E-state index contributed by atoms with van der Waals surface area (Å²) < 4.78 is 6.44. The summed E-state index contributed by atoms with van der Waals surface area (Å²) in [5.74, 6) is -0.313. The zero-order chi connectivity index (χ0) is 15.4. The van der Waals surface area contributed by atoms with Gasteiger partial charge in [0.2, 0.25) is 5.91 Å². The smallest absolute Gasteiger partial charge is 0.285 e. The number of rotatable bonds is 4. The van der Waals surface area contributed by atoms with Crippen molar-refractivity contribution in [2.24, 2.45) is 0 Å². The van der Waals surface area contributed by atoms with Crippen LogP contribution in [0.25, 0.3) is 0 Å². The summed E-state index contributed by atoms with van der Waals surface area (Å²) in [6.45, 7) is 4.34. The summed E-state index contributed by atoms with van der Waals surface area (Å²) in [6.07, 6.45) is 1.98. The molecule has 1 fully saturated rings. The maximum absolute atomic E-state index is 12.0. The lowest BCUT2D eigenvalue weighted by molar-refractivity contribution is -0.122. The second kappa shape index (κ2) is 6.50. The zero-order valence-electron chi connectivity index (χ0n) is 12.2. The van der Waals surface area contributed by atoms with Gasteiger partial charge >= 0.3 is 0 Å². The van der Waals surface area contributed by atoms with Crippen molar-refractivity contribution in [2.75, 3.05) is 13.2 Å². The van der Waals surface area contributed by atoms with Crippen LogP contribution in [0.1, 0.15) is 29.7 Å². The first-order valence-corrected chi connectivity index (χ1v) is 6.89. The van der Waals surface area contributed by atoms with E-state index in [0.717, 1.165) is 24.1 Å². The second-order valence-electron chi connectivity index (χ2n) is 5.10. The molecular formula is C14H18N4O3. The van der Waals surface area contributed by atoms with Crippen LogP contribution in [0.3, 0.4) is 0 Å². The number of aryl methyl sites for hydroxylation is 1. The van der Waals surface area contributed by atoms with Crippen LogP contribution in [0.2, 0.25) is 0 Å². The van der Waals surface area contributed by atoms with Crippen LogP contribution in [-0.4, -0.2) is 34.9 Å². The number of aromatic nitrogens is 2. The molecule has 0 radical (unpaired) electrons. The first kappa shape index (κ1) is 15.2. The molecule has 1 N–H and O–H groups in total. The van der Waals surface area contributed by atoms with Crippen LogP contribution in [0.4, 0.5) is 0 Å². The number of hydrogen-bond acceptors (Lipinski definition) is 5. The zero-order valence-corrected chi connectivity index (χ0v) is 12.2. The molecular weight excluding hydrogens is 272 g/mol. The minimum Gasteiger partial charge on any atom is -0.376 e. The Morgan fingerprint density at radius 1 is 1.57 bits per heavy atom. The van der Waals surface area contributed by atoms with E-state index >= 15 is 0 Å². The number of hydrogen-bond donors (Lipinski definition) is 1. The Morgan fingerprint density at radius 2 is 2.33 bits per heavy atom. The Bertz CT molecular complexity index is 639. The van der Waals surface area contributed by atoms with E-state index in [2.05, 4.69) is 10.4 Å². The van der Waals surface area contributed by atoms with Crippen molar-refractivity contribution in [1.29, 1.82) is 5.26 Å². The van der Waals surface area contributed by atoms with Crippen LogP contribution in [0, 0.1) is 25.2 Å². The van der Waals surface area contributed by atoms with Crippen LogP contribution in [-0.2, 0) is 16.1 Å². The molecule has 0 aromatic carbocycles. The fraction of sp³-hybridized carbons (Fsp3) is 0.571. The first-order chi connectivity index (χ1) is 10.0. The largest absolute Gasteiger partial charge is 0.376 e. The van der Waals surface area contributed by atoms with Crippen molar-refractivity contribution in [3.63, 3.8) is 0 Å². The lowest BCUT2D eigenvalue weighted by atomic mass is 10.1. The third-order valence-corrected chi connectivity index (χ3v) is 3.59. The van der Waals surface area contributed by atoms with E-state index in [0.29, 0.717) is 17.8 Å². The lowest BCUT2D eigenvalue weighted by Crippen LogP contribution is -2.38. The summed E-state index contributed by atoms with van der Waals surface area (Å²) in [4.78, 5) is 23.9. The van der Waals surface area contributed by atoms with Crippen molar-refractivity contribution >= 4 is 5.91 Å². The van der Waals surface area contributed by atoms with E-state index in [1.165, 1.54) is 0 Å². The minimum absolute atomic E-state index is 0.0365. The van der Waals surface area contributed by atoms with E-state index in [1.54, 1.807) is 13.8 Å². The van der Waals surface area contributed by atoms with Gasteiger partial charge in [-0.2, -0.15) is 10.4 Å². The summed E-state index contributed by atoms with van der Waals surface area (Å²) in [7, 11) is 0. The molecule has 1 aromatic heterocycles.